The molecule has 0 radical (unpaired) electrons. The smallest absolute Gasteiger partial charge is 0.143 e. The zero-order valence-corrected chi connectivity index (χ0v) is 8.92. The van der Waals surface area contributed by atoms with Crippen LogP contribution in [0.3, 0.4) is 0 Å². The molecule has 0 saturated heterocycles. The van der Waals surface area contributed by atoms with Gasteiger partial charge in [-0.05, 0) is 19.2 Å². The van der Waals surface area contributed by atoms with E-state index in [1.54, 1.807) is 0 Å². The van der Waals surface area contributed by atoms with Gasteiger partial charge in [0.05, 0.1) is 5.70 Å². The Morgan fingerprint density at radius 1 is 1.53 bits per heavy atom. The quantitative estimate of drug-likeness (QED) is 0.711. The van der Waals surface area contributed by atoms with E-state index in [-0.39, 0.29) is 0 Å². The van der Waals surface area contributed by atoms with Crippen LogP contribution in [0.15, 0.2) is 48.0 Å². The molecule has 80 valence electrons. The van der Waals surface area contributed by atoms with Crippen LogP contribution in [0, 0.1) is 5.92 Å². The lowest BCUT2D eigenvalue weighted by Crippen LogP contribution is -2.22. The van der Waals surface area contributed by atoms with Crippen molar-refractivity contribution in [3.05, 3.63) is 48.0 Å². The summed E-state index contributed by atoms with van der Waals surface area (Å²) in [4.78, 5) is 0. The van der Waals surface area contributed by atoms with Crippen LogP contribution in [0.25, 0.3) is 0 Å². The normalized spacial score (nSPS) is 24.3. The van der Waals surface area contributed by atoms with Crippen molar-refractivity contribution in [1.82, 2.24) is 10.6 Å². The summed E-state index contributed by atoms with van der Waals surface area (Å²) in [5.74, 6) is 1.32. The SMILES string of the molecule is C=C1COC2=C(C=CC(CNC)C=C2)N1. The molecule has 1 atom stereocenters. The molecule has 3 nitrogen and oxygen atoms in total. The Morgan fingerprint density at radius 2 is 2.33 bits per heavy atom. The molecular weight excluding hydrogens is 188 g/mol. The molecule has 0 bridgehead atoms. The lowest BCUT2D eigenvalue weighted by molar-refractivity contribution is 0.230. The lowest BCUT2D eigenvalue weighted by Gasteiger charge is -2.20. The lowest BCUT2D eigenvalue weighted by atomic mass is 10.1. The Morgan fingerprint density at radius 3 is 3.13 bits per heavy atom. The second kappa shape index (κ2) is 4.36. The third-order valence-corrected chi connectivity index (χ3v) is 2.42. The molecule has 1 aliphatic heterocycles. The average molecular weight is 204 g/mol. The van der Waals surface area contributed by atoms with E-state index in [1.165, 1.54) is 0 Å². The Hall–Kier alpha value is -1.48. The molecule has 2 aliphatic rings. The minimum absolute atomic E-state index is 0.416. The number of hydrogen-bond donors (Lipinski definition) is 2. The van der Waals surface area contributed by atoms with Crippen LogP contribution in [0.4, 0.5) is 0 Å². The Balaban J connectivity index is 2.16. The van der Waals surface area contributed by atoms with Crippen molar-refractivity contribution in [2.75, 3.05) is 20.2 Å². The summed E-state index contributed by atoms with van der Waals surface area (Å²) in [5, 5.41) is 6.38. The summed E-state index contributed by atoms with van der Waals surface area (Å²) in [6, 6.07) is 0. The van der Waals surface area contributed by atoms with Crippen molar-refractivity contribution in [1.29, 1.82) is 0 Å². The van der Waals surface area contributed by atoms with E-state index < -0.39 is 0 Å². The number of rotatable bonds is 2. The van der Waals surface area contributed by atoms with Gasteiger partial charge in [-0.3, -0.25) is 0 Å². The molecule has 1 aliphatic carbocycles. The third kappa shape index (κ3) is 2.30. The van der Waals surface area contributed by atoms with E-state index >= 15 is 0 Å². The molecular formula is C12H16N2O. The largest absolute Gasteiger partial charge is 0.485 e. The fraction of sp³-hybridized carbons (Fsp3) is 0.333. The van der Waals surface area contributed by atoms with Crippen LogP contribution in [-0.4, -0.2) is 20.2 Å². The van der Waals surface area contributed by atoms with Gasteiger partial charge in [0.2, 0.25) is 0 Å². The maximum Gasteiger partial charge on any atom is 0.143 e. The first-order valence-electron chi connectivity index (χ1n) is 5.12. The molecule has 2 rings (SSSR count). The van der Waals surface area contributed by atoms with Gasteiger partial charge < -0.3 is 15.4 Å². The summed E-state index contributed by atoms with van der Waals surface area (Å²) >= 11 is 0. The van der Waals surface area contributed by atoms with E-state index in [0.29, 0.717) is 12.5 Å². The first-order chi connectivity index (χ1) is 7.29. The Bertz CT molecular complexity index is 353. The molecule has 0 aromatic rings. The molecule has 0 spiro atoms. The minimum atomic E-state index is 0.416. The molecule has 0 fully saturated rings. The van der Waals surface area contributed by atoms with Gasteiger partial charge in [-0.2, -0.15) is 0 Å². The highest BCUT2D eigenvalue weighted by molar-refractivity contribution is 5.36. The van der Waals surface area contributed by atoms with Crippen LogP contribution in [0.5, 0.6) is 0 Å². The number of allylic oxidation sites excluding steroid dienone is 2. The van der Waals surface area contributed by atoms with E-state index in [2.05, 4.69) is 35.4 Å². The van der Waals surface area contributed by atoms with Gasteiger partial charge in [-0.25, -0.2) is 0 Å². The highest BCUT2D eigenvalue weighted by atomic mass is 16.5. The summed E-state index contributed by atoms with van der Waals surface area (Å²) in [6.45, 7) is 5.34. The molecule has 0 amide bonds. The van der Waals surface area contributed by atoms with Crippen molar-refractivity contribution < 1.29 is 4.74 Å². The molecule has 1 unspecified atom stereocenters. The maximum atomic E-state index is 5.56. The van der Waals surface area contributed by atoms with Crippen LogP contribution < -0.4 is 10.6 Å². The Kier molecular flexibility index (Phi) is 2.92. The second-order valence-electron chi connectivity index (χ2n) is 3.73. The minimum Gasteiger partial charge on any atom is -0.485 e. The molecule has 0 aromatic heterocycles. The van der Waals surface area contributed by atoms with Crippen LogP contribution >= 0.6 is 0 Å². The van der Waals surface area contributed by atoms with Crippen LogP contribution in [0.1, 0.15) is 0 Å². The highest BCUT2D eigenvalue weighted by Gasteiger charge is 2.14. The summed E-state index contributed by atoms with van der Waals surface area (Å²) in [7, 11) is 1.95. The van der Waals surface area contributed by atoms with Gasteiger partial charge in [0.1, 0.15) is 12.4 Å². The molecule has 0 aromatic carbocycles. The van der Waals surface area contributed by atoms with E-state index in [1.807, 2.05) is 13.1 Å². The number of nitrogens with one attached hydrogen (secondary N) is 2. The number of hydrogen-bond acceptors (Lipinski definition) is 3. The molecule has 1 heterocycles. The maximum absolute atomic E-state index is 5.56. The molecule has 0 saturated carbocycles. The predicted octanol–water partition coefficient (Wildman–Crippen LogP) is 1.29. The third-order valence-electron chi connectivity index (χ3n) is 2.42. The first kappa shape index (κ1) is 10.1. The van der Waals surface area contributed by atoms with Gasteiger partial charge in [0, 0.05) is 18.2 Å². The van der Waals surface area contributed by atoms with E-state index in [9.17, 15) is 0 Å². The summed E-state index contributed by atoms with van der Waals surface area (Å²) in [6.07, 6.45) is 8.38. The van der Waals surface area contributed by atoms with Gasteiger partial charge >= 0.3 is 0 Å². The summed E-state index contributed by atoms with van der Waals surface area (Å²) < 4.78 is 5.56. The molecule has 2 N–H and O–H groups in total. The van der Waals surface area contributed by atoms with E-state index in [0.717, 1.165) is 23.7 Å². The van der Waals surface area contributed by atoms with Crippen molar-refractivity contribution in [2.45, 2.75) is 0 Å². The van der Waals surface area contributed by atoms with Crippen molar-refractivity contribution in [3.63, 3.8) is 0 Å². The average Bonchev–Trinajstić information content (AvgIpc) is 2.42. The predicted molar refractivity (Wildman–Crippen MR) is 61.0 cm³/mol. The number of ether oxygens (including phenoxy) is 1. The standard InChI is InChI=1S/C12H16N2O/c1-9-8-15-12-6-4-10(7-13-2)3-5-11(12)14-9/h3-6,10,13-14H,1,7-8H2,2H3. The first-order valence-corrected chi connectivity index (χ1v) is 5.12. The van der Waals surface area contributed by atoms with Crippen molar-refractivity contribution >= 4 is 0 Å². The second-order valence-corrected chi connectivity index (χ2v) is 3.73. The van der Waals surface area contributed by atoms with Gasteiger partial charge in [0.25, 0.3) is 0 Å². The monoisotopic (exact) mass is 204 g/mol. The zero-order chi connectivity index (χ0) is 10.7. The molecule has 15 heavy (non-hydrogen) atoms. The van der Waals surface area contributed by atoms with Crippen LogP contribution in [-0.2, 0) is 4.74 Å². The summed E-state index contributed by atoms with van der Waals surface area (Å²) in [5.41, 5.74) is 1.90. The van der Waals surface area contributed by atoms with Gasteiger partial charge in [-0.15, -0.1) is 0 Å². The van der Waals surface area contributed by atoms with Gasteiger partial charge in [0.15, 0.2) is 0 Å². The fourth-order valence-corrected chi connectivity index (χ4v) is 1.66. The van der Waals surface area contributed by atoms with Crippen molar-refractivity contribution in [3.8, 4) is 0 Å². The van der Waals surface area contributed by atoms with E-state index in [4.69, 9.17) is 4.74 Å². The van der Waals surface area contributed by atoms with Crippen LogP contribution in [0.2, 0.25) is 0 Å². The topological polar surface area (TPSA) is 33.3 Å². The molecule has 3 heteroatoms. The Labute approximate surface area is 90.2 Å². The highest BCUT2D eigenvalue weighted by Crippen LogP contribution is 2.19. The fourth-order valence-electron chi connectivity index (χ4n) is 1.66. The van der Waals surface area contributed by atoms with Gasteiger partial charge in [-0.1, -0.05) is 18.7 Å². The van der Waals surface area contributed by atoms with Crippen molar-refractivity contribution in [2.24, 2.45) is 5.92 Å². The zero-order valence-electron chi connectivity index (χ0n) is 8.92.